The van der Waals surface area contributed by atoms with Crippen LogP contribution >= 0.6 is 0 Å². The van der Waals surface area contributed by atoms with E-state index in [1.165, 1.54) is 37.8 Å². The molecule has 0 fully saturated rings. The van der Waals surface area contributed by atoms with Gasteiger partial charge in [-0.15, -0.1) is 0 Å². The van der Waals surface area contributed by atoms with Crippen LogP contribution in [0.25, 0.3) is 0 Å². The standard InChI is InChI=1S/C18H28N/c1-5-7-8-17-11-12-18(19(17)4)13-16-10-9-15(6-2)14(16)3/h9-11,16H,5-8,12-13H2,1-4H3/q+1. The van der Waals surface area contributed by atoms with Gasteiger partial charge in [-0.3, -0.25) is 0 Å². The molecule has 2 aliphatic rings. The molecule has 0 aromatic heterocycles. The summed E-state index contributed by atoms with van der Waals surface area (Å²) in [5.74, 6) is 0.645. The van der Waals surface area contributed by atoms with Crippen LogP contribution in [0.3, 0.4) is 0 Å². The van der Waals surface area contributed by atoms with E-state index in [2.05, 4.69) is 50.6 Å². The van der Waals surface area contributed by atoms with E-state index >= 15 is 0 Å². The molecule has 2 rings (SSSR count). The molecule has 0 saturated heterocycles. The SMILES string of the molecule is CCCCC1=CCC(CC2C=CC(CC)=C2C)=[N+]1C. The van der Waals surface area contributed by atoms with Gasteiger partial charge >= 0.3 is 0 Å². The molecule has 0 aromatic carbocycles. The smallest absolute Gasteiger partial charge is 0.177 e. The molecule has 0 saturated carbocycles. The molecular weight excluding hydrogens is 230 g/mol. The summed E-state index contributed by atoms with van der Waals surface area (Å²) in [7, 11) is 2.25. The summed E-state index contributed by atoms with van der Waals surface area (Å²) >= 11 is 0. The first-order valence-electron chi connectivity index (χ1n) is 7.82. The second-order valence-electron chi connectivity index (χ2n) is 5.86. The first-order chi connectivity index (χ1) is 9.17. The summed E-state index contributed by atoms with van der Waals surface area (Å²) in [5.41, 5.74) is 6.27. The highest BCUT2D eigenvalue weighted by atomic mass is 15.0. The predicted octanol–water partition coefficient (Wildman–Crippen LogP) is 4.85. The molecule has 0 bridgehead atoms. The van der Waals surface area contributed by atoms with Crippen LogP contribution in [-0.4, -0.2) is 17.3 Å². The Labute approximate surface area is 118 Å². The van der Waals surface area contributed by atoms with Gasteiger partial charge in [0.15, 0.2) is 11.4 Å². The van der Waals surface area contributed by atoms with Gasteiger partial charge in [-0.1, -0.05) is 38.0 Å². The third-order valence-electron chi connectivity index (χ3n) is 4.69. The minimum Gasteiger partial charge on any atom is -0.206 e. The molecule has 1 atom stereocenters. The van der Waals surface area contributed by atoms with E-state index < -0.39 is 0 Å². The molecular formula is C18H28N+. The van der Waals surface area contributed by atoms with Gasteiger partial charge in [-0.25, -0.2) is 4.58 Å². The van der Waals surface area contributed by atoms with Gasteiger partial charge in [0.25, 0.3) is 0 Å². The van der Waals surface area contributed by atoms with E-state index in [0.717, 1.165) is 6.42 Å². The quantitative estimate of drug-likeness (QED) is 0.599. The normalized spacial score (nSPS) is 22.7. The first kappa shape index (κ1) is 14.3. The number of rotatable bonds is 6. The zero-order valence-electron chi connectivity index (χ0n) is 13.0. The molecule has 1 aliphatic heterocycles. The van der Waals surface area contributed by atoms with Gasteiger partial charge < -0.3 is 0 Å². The van der Waals surface area contributed by atoms with Crippen LogP contribution in [0.4, 0.5) is 0 Å². The van der Waals surface area contributed by atoms with E-state index in [9.17, 15) is 0 Å². The molecule has 0 amide bonds. The van der Waals surface area contributed by atoms with Gasteiger partial charge in [0.2, 0.25) is 0 Å². The lowest BCUT2D eigenvalue weighted by atomic mass is 9.94. The van der Waals surface area contributed by atoms with Crippen molar-refractivity contribution >= 4 is 5.71 Å². The van der Waals surface area contributed by atoms with Crippen molar-refractivity contribution in [2.75, 3.05) is 7.05 Å². The minimum atomic E-state index is 0.645. The van der Waals surface area contributed by atoms with Crippen LogP contribution in [-0.2, 0) is 0 Å². The van der Waals surface area contributed by atoms with Crippen molar-refractivity contribution in [2.24, 2.45) is 5.92 Å². The second kappa shape index (κ2) is 6.36. The van der Waals surface area contributed by atoms with Crippen molar-refractivity contribution in [3.8, 4) is 0 Å². The van der Waals surface area contributed by atoms with Crippen molar-refractivity contribution in [3.05, 3.63) is 35.1 Å². The predicted molar refractivity (Wildman–Crippen MR) is 83.7 cm³/mol. The van der Waals surface area contributed by atoms with Crippen LogP contribution in [0.2, 0.25) is 0 Å². The van der Waals surface area contributed by atoms with Crippen molar-refractivity contribution in [3.63, 3.8) is 0 Å². The van der Waals surface area contributed by atoms with Crippen molar-refractivity contribution in [1.82, 2.24) is 0 Å². The fraction of sp³-hybridized carbons (Fsp3) is 0.611. The molecule has 19 heavy (non-hydrogen) atoms. The first-order valence-corrected chi connectivity index (χ1v) is 7.82. The van der Waals surface area contributed by atoms with E-state index in [0.29, 0.717) is 5.92 Å². The van der Waals surface area contributed by atoms with Crippen molar-refractivity contribution < 1.29 is 4.58 Å². The van der Waals surface area contributed by atoms with Crippen LogP contribution < -0.4 is 0 Å². The Morgan fingerprint density at radius 3 is 2.74 bits per heavy atom. The molecule has 0 N–H and O–H groups in total. The largest absolute Gasteiger partial charge is 0.206 e. The average Bonchev–Trinajstić information content (AvgIpc) is 2.93. The maximum absolute atomic E-state index is 2.46. The minimum absolute atomic E-state index is 0.645. The van der Waals surface area contributed by atoms with Crippen molar-refractivity contribution in [1.29, 1.82) is 0 Å². The summed E-state index contributed by atoms with van der Waals surface area (Å²) in [6, 6.07) is 0. The van der Waals surface area contributed by atoms with Crippen LogP contribution in [0.15, 0.2) is 35.1 Å². The second-order valence-corrected chi connectivity index (χ2v) is 5.86. The maximum Gasteiger partial charge on any atom is 0.177 e. The van der Waals surface area contributed by atoms with Gasteiger partial charge in [0.05, 0.1) is 6.42 Å². The van der Waals surface area contributed by atoms with E-state index in [-0.39, 0.29) is 0 Å². The summed E-state index contributed by atoms with van der Waals surface area (Å²) in [6.07, 6.45) is 14.5. The third-order valence-corrected chi connectivity index (χ3v) is 4.69. The van der Waals surface area contributed by atoms with E-state index in [4.69, 9.17) is 0 Å². The highest BCUT2D eigenvalue weighted by molar-refractivity contribution is 5.84. The topological polar surface area (TPSA) is 3.01 Å². The van der Waals surface area contributed by atoms with Gasteiger partial charge in [-0.2, -0.15) is 0 Å². The molecule has 1 heteroatoms. The Morgan fingerprint density at radius 1 is 1.32 bits per heavy atom. The van der Waals surface area contributed by atoms with E-state index in [1.54, 1.807) is 16.9 Å². The van der Waals surface area contributed by atoms with Gasteiger partial charge in [0.1, 0.15) is 7.05 Å². The number of nitrogens with zero attached hydrogens (tertiary/aromatic N) is 1. The van der Waals surface area contributed by atoms with Crippen LogP contribution in [0, 0.1) is 5.92 Å². The zero-order valence-corrected chi connectivity index (χ0v) is 13.0. The Hall–Kier alpha value is -1.11. The van der Waals surface area contributed by atoms with Gasteiger partial charge in [-0.05, 0) is 31.4 Å². The molecule has 1 unspecified atom stereocenters. The van der Waals surface area contributed by atoms with Gasteiger partial charge in [0, 0.05) is 18.8 Å². The fourth-order valence-electron chi connectivity index (χ4n) is 3.18. The number of hydrogen-bond donors (Lipinski definition) is 0. The summed E-state index contributed by atoms with van der Waals surface area (Å²) in [4.78, 5) is 0. The summed E-state index contributed by atoms with van der Waals surface area (Å²) in [6.45, 7) is 6.83. The molecule has 0 aromatic rings. The highest BCUT2D eigenvalue weighted by Crippen LogP contribution is 2.31. The summed E-state index contributed by atoms with van der Waals surface area (Å²) < 4.78 is 2.46. The molecule has 0 radical (unpaired) electrons. The van der Waals surface area contributed by atoms with Crippen molar-refractivity contribution in [2.45, 2.75) is 59.3 Å². The van der Waals surface area contributed by atoms with Crippen LogP contribution in [0.5, 0.6) is 0 Å². The van der Waals surface area contributed by atoms with E-state index in [1.807, 2.05) is 0 Å². The lowest BCUT2D eigenvalue weighted by Crippen LogP contribution is -2.15. The monoisotopic (exact) mass is 258 g/mol. The lowest BCUT2D eigenvalue weighted by Gasteiger charge is -2.10. The average molecular weight is 258 g/mol. The zero-order chi connectivity index (χ0) is 13.8. The Balaban J connectivity index is 2.00. The molecule has 104 valence electrons. The Kier molecular flexibility index (Phi) is 4.79. The summed E-state index contributed by atoms with van der Waals surface area (Å²) in [5, 5.41) is 0. The maximum atomic E-state index is 2.46. The molecule has 1 heterocycles. The Bertz CT molecular complexity index is 460. The van der Waals surface area contributed by atoms with Crippen LogP contribution in [0.1, 0.15) is 59.3 Å². The molecule has 0 spiro atoms. The molecule has 1 aliphatic carbocycles. The number of unbranched alkanes of at least 4 members (excludes halogenated alkanes) is 1. The fourth-order valence-corrected chi connectivity index (χ4v) is 3.18. The highest BCUT2D eigenvalue weighted by Gasteiger charge is 2.26. The Morgan fingerprint density at radius 2 is 2.11 bits per heavy atom. The number of hydrogen-bond acceptors (Lipinski definition) is 0. The third kappa shape index (κ3) is 3.08. The molecule has 1 nitrogen and oxygen atoms in total. The number of allylic oxidation sites excluding steroid dienone is 6. The lowest BCUT2D eigenvalue weighted by molar-refractivity contribution is -0.444.